The van der Waals surface area contributed by atoms with Crippen LogP contribution in [0.5, 0.6) is 0 Å². The predicted molar refractivity (Wildman–Crippen MR) is 95.9 cm³/mol. The van der Waals surface area contributed by atoms with Crippen molar-refractivity contribution in [3.63, 3.8) is 0 Å². The minimum absolute atomic E-state index is 0.00385. The monoisotopic (exact) mass is 362 g/mol. The van der Waals surface area contributed by atoms with Crippen LogP contribution in [0.2, 0.25) is 0 Å². The maximum Gasteiger partial charge on any atom is 0.267 e. The van der Waals surface area contributed by atoms with Gasteiger partial charge in [0.2, 0.25) is 11.9 Å². The summed E-state index contributed by atoms with van der Waals surface area (Å²) in [5, 5.41) is 9.61. The Bertz CT molecular complexity index is 870. The van der Waals surface area contributed by atoms with E-state index in [1.54, 1.807) is 13.2 Å². The molecule has 1 atom stereocenters. The van der Waals surface area contributed by atoms with Crippen LogP contribution in [0.1, 0.15) is 30.6 Å². The number of aryl methyl sites for hydroxylation is 1. The minimum Gasteiger partial charge on any atom is -0.368 e. The number of nitrogens with zero attached hydrogens (tertiary/aromatic N) is 3. The summed E-state index contributed by atoms with van der Waals surface area (Å²) in [4.78, 5) is 42.1. The van der Waals surface area contributed by atoms with Crippen molar-refractivity contribution in [2.75, 3.05) is 10.6 Å². The molecule has 0 radical (unpaired) electrons. The zero-order valence-corrected chi connectivity index (χ0v) is 14.7. The number of primary amides is 2. The first-order chi connectivity index (χ1) is 12.2. The Morgan fingerprint density at radius 3 is 2.54 bits per heavy atom. The van der Waals surface area contributed by atoms with Crippen LogP contribution in [0, 0.1) is 5.92 Å². The van der Waals surface area contributed by atoms with Crippen molar-refractivity contribution in [2.24, 2.45) is 24.4 Å². The van der Waals surface area contributed by atoms with E-state index in [0.29, 0.717) is 12.1 Å². The predicted octanol–water partition coefficient (Wildman–Crippen LogP) is -0.342. The molecule has 2 aromatic heterocycles. The molecule has 0 bridgehead atoms. The van der Waals surface area contributed by atoms with E-state index >= 15 is 0 Å². The molecule has 0 aromatic carbocycles. The molecule has 7 N–H and O–H groups in total. The van der Waals surface area contributed by atoms with Crippen molar-refractivity contribution in [1.29, 1.82) is 0 Å². The van der Waals surface area contributed by atoms with Gasteiger partial charge in [-0.15, -0.1) is 0 Å². The van der Waals surface area contributed by atoms with Gasteiger partial charge >= 0.3 is 0 Å². The van der Waals surface area contributed by atoms with Crippen LogP contribution in [0.3, 0.4) is 0 Å². The van der Waals surface area contributed by atoms with Crippen molar-refractivity contribution in [3.05, 3.63) is 28.3 Å². The van der Waals surface area contributed by atoms with Gasteiger partial charge in [-0.25, -0.2) is 0 Å². The molecule has 2 amide bonds. The van der Waals surface area contributed by atoms with Gasteiger partial charge in [-0.3, -0.25) is 24.0 Å². The average Bonchev–Trinajstić information content (AvgIpc) is 2.90. The summed E-state index contributed by atoms with van der Waals surface area (Å²) >= 11 is 0. The maximum atomic E-state index is 12.3. The standard InChI is InChI=1S/C15H22N8O3/c1-7(2)4-9(11(16)24)20-15-21-13(10(12(17)25)14(26)22-15)19-8-5-18-23(3)6-8/h5-7,9H,4H2,1-3H3,(H2,16,24)(H2,17,25)(H3,19,20,21,22,26)/t9-/m1/s1. The van der Waals surface area contributed by atoms with E-state index in [0.717, 1.165) is 0 Å². The van der Waals surface area contributed by atoms with E-state index in [-0.39, 0.29) is 23.2 Å². The van der Waals surface area contributed by atoms with Crippen LogP contribution in [-0.4, -0.2) is 37.6 Å². The van der Waals surface area contributed by atoms with Gasteiger partial charge in [-0.05, 0) is 12.3 Å². The van der Waals surface area contributed by atoms with E-state index in [1.807, 2.05) is 13.8 Å². The Hall–Kier alpha value is -3.37. The zero-order chi connectivity index (χ0) is 19.4. The Labute approximate surface area is 149 Å². The lowest BCUT2D eigenvalue weighted by Gasteiger charge is -2.18. The maximum absolute atomic E-state index is 12.3. The number of hydrogen-bond acceptors (Lipinski definition) is 7. The lowest BCUT2D eigenvalue weighted by molar-refractivity contribution is -0.119. The molecule has 11 nitrogen and oxygen atoms in total. The topological polar surface area (TPSA) is 174 Å². The van der Waals surface area contributed by atoms with Gasteiger partial charge in [-0.2, -0.15) is 10.1 Å². The highest BCUT2D eigenvalue weighted by Gasteiger charge is 2.21. The number of hydrogen-bond donors (Lipinski definition) is 5. The van der Waals surface area contributed by atoms with Crippen molar-refractivity contribution >= 4 is 29.3 Å². The van der Waals surface area contributed by atoms with E-state index in [4.69, 9.17) is 11.5 Å². The summed E-state index contributed by atoms with van der Waals surface area (Å²) in [5.74, 6) is -1.39. The second-order valence-electron chi connectivity index (χ2n) is 6.26. The highest BCUT2D eigenvalue weighted by molar-refractivity contribution is 5.98. The molecule has 26 heavy (non-hydrogen) atoms. The summed E-state index contributed by atoms with van der Waals surface area (Å²) < 4.78 is 1.53. The highest BCUT2D eigenvalue weighted by atomic mass is 16.2. The number of aromatic amines is 1. The second-order valence-corrected chi connectivity index (χ2v) is 6.26. The van der Waals surface area contributed by atoms with Crippen LogP contribution in [-0.2, 0) is 11.8 Å². The molecule has 0 aliphatic heterocycles. The van der Waals surface area contributed by atoms with Crippen LogP contribution >= 0.6 is 0 Å². The van der Waals surface area contributed by atoms with Gasteiger partial charge in [0, 0.05) is 13.2 Å². The normalized spacial score (nSPS) is 12.0. The number of amides is 2. The number of nitrogens with two attached hydrogens (primary N) is 2. The molecule has 11 heteroatoms. The third-order valence-corrected chi connectivity index (χ3v) is 3.49. The number of carbonyl (C=O) groups excluding carboxylic acids is 2. The quantitative estimate of drug-likeness (QED) is 0.427. The molecule has 0 unspecified atom stereocenters. The fourth-order valence-electron chi connectivity index (χ4n) is 2.37. The first-order valence-corrected chi connectivity index (χ1v) is 7.93. The van der Waals surface area contributed by atoms with Crippen molar-refractivity contribution in [1.82, 2.24) is 19.7 Å². The van der Waals surface area contributed by atoms with Gasteiger partial charge in [-0.1, -0.05) is 13.8 Å². The fourth-order valence-corrected chi connectivity index (χ4v) is 2.37. The molecule has 2 aromatic rings. The van der Waals surface area contributed by atoms with Gasteiger partial charge in [0.25, 0.3) is 11.5 Å². The number of rotatable bonds is 8. The number of H-pyrrole nitrogens is 1. The molecule has 140 valence electrons. The van der Waals surface area contributed by atoms with Gasteiger partial charge in [0.05, 0.1) is 11.9 Å². The Balaban J connectivity index is 2.40. The second kappa shape index (κ2) is 7.68. The van der Waals surface area contributed by atoms with E-state index in [1.165, 1.54) is 10.9 Å². The smallest absolute Gasteiger partial charge is 0.267 e. The van der Waals surface area contributed by atoms with Crippen LogP contribution in [0.25, 0.3) is 0 Å². The first kappa shape index (κ1) is 19.0. The summed E-state index contributed by atoms with van der Waals surface area (Å²) in [7, 11) is 1.71. The molecule has 0 saturated carbocycles. The summed E-state index contributed by atoms with van der Waals surface area (Å²) in [6.07, 6.45) is 3.57. The molecule has 0 aliphatic rings. The lowest BCUT2D eigenvalue weighted by Crippen LogP contribution is -2.38. The summed E-state index contributed by atoms with van der Waals surface area (Å²) in [6.45, 7) is 3.86. The Morgan fingerprint density at radius 2 is 2.04 bits per heavy atom. The largest absolute Gasteiger partial charge is 0.368 e. The minimum atomic E-state index is -0.940. The first-order valence-electron chi connectivity index (χ1n) is 7.93. The molecule has 2 rings (SSSR count). The Kier molecular flexibility index (Phi) is 5.60. The molecule has 0 spiro atoms. The molecule has 0 aliphatic carbocycles. The van der Waals surface area contributed by atoms with Crippen molar-refractivity contribution < 1.29 is 9.59 Å². The SMILES string of the molecule is CC(C)C[C@@H](Nc1nc(Nc2cnn(C)c2)c(C(N)=O)c(=O)[nH]1)C(N)=O. The zero-order valence-electron chi connectivity index (χ0n) is 14.7. The molecular weight excluding hydrogens is 340 g/mol. The number of aromatic nitrogens is 4. The Morgan fingerprint density at radius 1 is 1.35 bits per heavy atom. The number of nitrogens with one attached hydrogen (secondary N) is 3. The summed E-state index contributed by atoms with van der Waals surface area (Å²) in [5.41, 5.74) is 10.1. The molecule has 2 heterocycles. The van der Waals surface area contributed by atoms with Crippen molar-refractivity contribution in [3.8, 4) is 0 Å². The van der Waals surface area contributed by atoms with E-state index < -0.39 is 23.4 Å². The third-order valence-electron chi connectivity index (χ3n) is 3.49. The van der Waals surface area contributed by atoms with Gasteiger partial charge in [0.1, 0.15) is 11.6 Å². The van der Waals surface area contributed by atoms with Gasteiger partial charge < -0.3 is 22.1 Å². The number of anilines is 3. The number of carbonyl (C=O) groups is 2. The lowest BCUT2D eigenvalue weighted by atomic mass is 10.0. The van der Waals surface area contributed by atoms with Crippen molar-refractivity contribution in [2.45, 2.75) is 26.3 Å². The van der Waals surface area contributed by atoms with Crippen LogP contribution in [0.4, 0.5) is 17.5 Å². The van der Waals surface area contributed by atoms with Crippen LogP contribution < -0.4 is 27.7 Å². The van der Waals surface area contributed by atoms with Crippen LogP contribution in [0.15, 0.2) is 17.2 Å². The highest BCUT2D eigenvalue weighted by Crippen LogP contribution is 2.17. The molecular formula is C15H22N8O3. The molecule has 0 saturated heterocycles. The van der Waals surface area contributed by atoms with E-state index in [2.05, 4.69) is 25.7 Å². The van der Waals surface area contributed by atoms with E-state index in [9.17, 15) is 14.4 Å². The van der Waals surface area contributed by atoms with Gasteiger partial charge in [0.15, 0.2) is 5.82 Å². The fraction of sp³-hybridized carbons (Fsp3) is 0.400. The summed E-state index contributed by atoms with van der Waals surface area (Å²) in [6, 6.07) is -0.733. The third kappa shape index (κ3) is 4.59. The molecule has 0 fully saturated rings. The average molecular weight is 362 g/mol.